The van der Waals surface area contributed by atoms with Gasteiger partial charge < -0.3 is 14.6 Å². The van der Waals surface area contributed by atoms with Crippen LogP contribution in [0, 0.1) is 5.82 Å². The highest BCUT2D eigenvalue weighted by atomic mass is 19.1. The van der Waals surface area contributed by atoms with E-state index in [4.69, 9.17) is 9.47 Å². The second-order valence-corrected chi connectivity index (χ2v) is 11.7. The first-order valence-corrected chi connectivity index (χ1v) is 15.5. The van der Waals surface area contributed by atoms with Crippen LogP contribution in [-0.4, -0.2) is 57.3 Å². The fourth-order valence-electron chi connectivity index (χ4n) is 6.50. The number of hydrogen-bond donors (Lipinski definition) is 1. The van der Waals surface area contributed by atoms with E-state index in [9.17, 15) is 5.11 Å². The lowest BCUT2D eigenvalue weighted by molar-refractivity contribution is 0.0822. The Morgan fingerprint density at radius 1 is 1.00 bits per heavy atom. The van der Waals surface area contributed by atoms with Gasteiger partial charge in [-0.05, 0) is 67.6 Å². The standard InChI is InChI=1S/C36H39FN4O3/c1-3-18-36(19-10-20-41(36)2)24-44-35-39-33-29(34(40-35)43-23-25-11-5-4-6-12-25)22-38-32(31(33)37)28-17-8-15-26-13-7-14-27(30(26)28)16-9-21-42/h4-8,11-15,17,22,42H,3,9-10,16,18-21,23-24H2,1-2H3. The van der Waals surface area contributed by atoms with Gasteiger partial charge in [0.25, 0.3) is 0 Å². The molecule has 44 heavy (non-hydrogen) atoms. The molecule has 0 spiro atoms. The van der Waals surface area contributed by atoms with E-state index in [1.165, 1.54) is 0 Å². The molecule has 0 aliphatic carbocycles. The van der Waals surface area contributed by atoms with Crippen molar-refractivity contribution in [1.82, 2.24) is 19.9 Å². The highest BCUT2D eigenvalue weighted by molar-refractivity contribution is 6.00. The minimum Gasteiger partial charge on any atom is -0.472 e. The van der Waals surface area contributed by atoms with E-state index < -0.39 is 5.82 Å². The third-order valence-corrected chi connectivity index (χ3v) is 8.83. The molecule has 0 saturated carbocycles. The number of fused-ring (bicyclic) bond motifs is 2. The Balaban J connectivity index is 1.44. The van der Waals surface area contributed by atoms with Crippen molar-refractivity contribution in [3.63, 3.8) is 0 Å². The van der Waals surface area contributed by atoms with Crippen molar-refractivity contribution in [3.05, 3.63) is 89.9 Å². The first-order chi connectivity index (χ1) is 21.5. The van der Waals surface area contributed by atoms with Crippen molar-refractivity contribution in [2.75, 3.05) is 26.8 Å². The van der Waals surface area contributed by atoms with Crippen LogP contribution in [0.1, 0.15) is 50.2 Å². The van der Waals surface area contributed by atoms with Gasteiger partial charge in [0, 0.05) is 18.4 Å². The summed E-state index contributed by atoms with van der Waals surface area (Å²) in [6, 6.07) is 21.7. The molecule has 1 atom stereocenters. The Morgan fingerprint density at radius 2 is 1.82 bits per heavy atom. The lowest BCUT2D eigenvalue weighted by Crippen LogP contribution is -2.46. The molecule has 5 aromatic rings. The lowest BCUT2D eigenvalue weighted by atomic mass is 9.92. The summed E-state index contributed by atoms with van der Waals surface area (Å²) in [6.45, 7) is 3.96. The van der Waals surface area contributed by atoms with Crippen LogP contribution in [0.5, 0.6) is 11.9 Å². The fourth-order valence-corrected chi connectivity index (χ4v) is 6.50. The van der Waals surface area contributed by atoms with Gasteiger partial charge >= 0.3 is 6.01 Å². The van der Waals surface area contributed by atoms with Gasteiger partial charge in [-0.25, -0.2) is 4.39 Å². The molecule has 1 unspecified atom stereocenters. The summed E-state index contributed by atoms with van der Waals surface area (Å²) in [7, 11) is 2.14. The molecule has 1 N–H and O–H groups in total. The van der Waals surface area contributed by atoms with Gasteiger partial charge in [-0.15, -0.1) is 0 Å². The van der Waals surface area contributed by atoms with E-state index in [1.807, 2.05) is 66.7 Å². The van der Waals surface area contributed by atoms with Crippen LogP contribution in [-0.2, 0) is 13.0 Å². The largest absolute Gasteiger partial charge is 0.472 e. The number of pyridine rings is 1. The van der Waals surface area contributed by atoms with Crippen LogP contribution in [0.15, 0.2) is 72.9 Å². The summed E-state index contributed by atoms with van der Waals surface area (Å²) in [5.74, 6) is -0.317. The number of benzene rings is 3. The zero-order chi connectivity index (χ0) is 30.5. The van der Waals surface area contributed by atoms with E-state index >= 15 is 4.39 Å². The normalized spacial score (nSPS) is 17.0. The molecule has 1 aliphatic heterocycles. The number of aliphatic hydroxyl groups is 1. The van der Waals surface area contributed by atoms with Gasteiger partial charge in [0.2, 0.25) is 5.88 Å². The maximum Gasteiger partial charge on any atom is 0.320 e. The number of halogens is 1. The first-order valence-electron chi connectivity index (χ1n) is 15.5. The summed E-state index contributed by atoms with van der Waals surface area (Å²) in [5, 5.41) is 11.8. The second-order valence-electron chi connectivity index (χ2n) is 11.7. The van der Waals surface area contributed by atoms with Gasteiger partial charge in [0.05, 0.1) is 10.9 Å². The molecule has 0 radical (unpaired) electrons. The van der Waals surface area contributed by atoms with Crippen molar-refractivity contribution < 1.29 is 19.0 Å². The summed E-state index contributed by atoms with van der Waals surface area (Å²) < 4.78 is 29.1. The molecule has 1 saturated heterocycles. The number of likely N-dealkylation sites (tertiary alicyclic amines) is 1. The second kappa shape index (κ2) is 13.2. The maximum absolute atomic E-state index is 16.7. The molecule has 2 aromatic heterocycles. The lowest BCUT2D eigenvalue weighted by Gasteiger charge is -2.35. The quantitative estimate of drug-likeness (QED) is 0.165. The topological polar surface area (TPSA) is 80.6 Å². The predicted molar refractivity (Wildman–Crippen MR) is 171 cm³/mol. The number of hydrogen-bond acceptors (Lipinski definition) is 7. The minimum atomic E-state index is -0.551. The van der Waals surface area contributed by atoms with Crippen LogP contribution < -0.4 is 9.47 Å². The van der Waals surface area contributed by atoms with Gasteiger partial charge in [0.15, 0.2) is 5.82 Å². The Bertz CT molecular complexity index is 1740. The van der Waals surface area contributed by atoms with Crippen molar-refractivity contribution in [2.24, 2.45) is 0 Å². The number of nitrogens with zero attached hydrogens (tertiary/aromatic N) is 4. The summed E-state index contributed by atoms with van der Waals surface area (Å²) in [5.41, 5.74) is 2.89. The molecule has 228 valence electrons. The van der Waals surface area contributed by atoms with Gasteiger partial charge in [-0.3, -0.25) is 9.88 Å². The molecule has 3 heterocycles. The first kappa shape index (κ1) is 29.9. The zero-order valence-electron chi connectivity index (χ0n) is 25.4. The van der Waals surface area contributed by atoms with Gasteiger partial charge in [-0.1, -0.05) is 80.1 Å². The molecule has 7 nitrogen and oxygen atoms in total. The average molecular weight is 595 g/mol. The van der Waals surface area contributed by atoms with Crippen molar-refractivity contribution in [2.45, 2.75) is 57.6 Å². The van der Waals surface area contributed by atoms with Crippen LogP contribution in [0.4, 0.5) is 4.39 Å². The third-order valence-electron chi connectivity index (χ3n) is 8.83. The van der Waals surface area contributed by atoms with E-state index in [-0.39, 0.29) is 41.9 Å². The smallest absolute Gasteiger partial charge is 0.320 e. The highest BCUT2D eigenvalue weighted by Gasteiger charge is 2.39. The van der Waals surface area contributed by atoms with E-state index in [2.05, 4.69) is 33.8 Å². The molecule has 0 amide bonds. The molecule has 3 aromatic carbocycles. The van der Waals surface area contributed by atoms with Gasteiger partial charge in [-0.2, -0.15) is 9.97 Å². The van der Waals surface area contributed by atoms with Crippen LogP contribution >= 0.6 is 0 Å². The molecule has 8 heteroatoms. The maximum atomic E-state index is 16.7. The number of aromatic nitrogens is 3. The fraction of sp³-hybridized carbons (Fsp3) is 0.361. The summed E-state index contributed by atoms with van der Waals surface area (Å²) in [6.07, 6.45) is 7.06. The van der Waals surface area contributed by atoms with Crippen LogP contribution in [0.3, 0.4) is 0 Å². The van der Waals surface area contributed by atoms with Crippen LogP contribution in [0.2, 0.25) is 0 Å². The Labute approximate surface area is 257 Å². The highest BCUT2D eigenvalue weighted by Crippen LogP contribution is 2.37. The predicted octanol–water partition coefficient (Wildman–Crippen LogP) is 7.13. The van der Waals surface area contributed by atoms with E-state index in [0.29, 0.717) is 30.4 Å². The molecule has 6 rings (SSSR count). The van der Waals surface area contributed by atoms with E-state index in [0.717, 1.165) is 54.1 Å². The molecule has 1 fully saturated rings. The van der Waals surface area contributed by atoms with Crippen molar-refractivity contribution >= 4 is 21.7 Å². The molecule has 0 bridgehead atoms. The van der Waals surface area contributed by atoms with Crippen molar-refractivity contribution in [1.29, 1.82) is 0 Å². The number of likely N-dealkylation sites (N-methyl/N-ethyl adjacent to an activating group) is 1. The Hall–Kier alpha value is -4.14. The zero-order valence-corrected chi connectivity index (χ0v) is 25.4. The van der Waals surface area contributed by atoms with Crippen molar-refractivity contribution in [3.8, 4) is 23.1 Å². The van der Waals surface area contributed by atoms with Gasteiger partial charge in [0.1, 0.15) is 24.4 Å². The third kappa shape index (κ3) is 5.97. The summed E-state index contributed by atoms with van der Waals surface area (Å²) in [4.78, 5) is 16.2. The minimum absolute atomic E-state index is 0.0852. The number of rotatable bonds is 12. The SMILES string of the molecule is CCCC1(COc2nc(OCc3ccccc3)c3cnc(-c4cccc5cccc(CCCO)c45)c(F)c3n2)CCCN1C. The average Bonchev–Trinajstić information content (AvgIpc) is 3.41. The Morgan fingerprint density at radius 3 is 2.57 bits per heavy atom. The number of ether oxygens (including phenoxy) is 2. The number of aliphatic hydroxyl groups excluding tert-OH is 1. The monoisotopic (exact) mass is 594 g/mol. The Kier molecular flexibility index (Phi) is 9.00. The molecular formula is C36H39FN4O3. The number of aryl methyl sites for hydroxylation is 1. The summed E-state index contributed by atoms with van der Waals surface area (Å²) >= 11 is 0. The van der Waals surface area contributed by atoms with Crippen LogP contribution in [0.25, 0.3) is 32.9 Å². The van der Waals surface area contributed by atoms with E-state index in [1.54, 1.807) is 6.20 Å². The molecule has 1 aliphatic rings. The molecular weight excluding hydrogens is 555 g/mol.